The second kappa shape index (κ2) is 8.71. The normalized spacial score (nSPS) is 13.3. The van der Waals surface area contributed by atoms with Crippen molar-refractivity contribution < 1.29 is 49.0 Å². The molecule has 0 radical (unpaired) electrons. The number of carboxylic acid groups (broad SMARTS) is 1. The van der Waals surface area contributed by atoms with Gasteiger partial charge in [0.1, 0.15) is 6.61 Å². The van der Waals surface area contributed by atoms with Crippen molar-refractivity contribution in [2.24, 2.45) is 5.92 Å². The maximum absolute atomic E-state index is 12.0. The molecule has 2 aromatic rings. The molecule has 0 heterocycles. The van der Waals surface area contributed by atoms with E-state index in [1.807, 2.05) is 36.4 Å². The average Bonchev–Trinajstić information content (AvgIpc) is 2.91. The number of carbonyl (C=O) groups is 2. The van der Waals surface area contributed by atoms with Gasteiger partial charge in [-0.25, -0.2) is 4.79 Å². The molecule has 0 saturated heterocycles. The van der Waals surface area contributed by atoms with E-state index in [4.69, 9.17) is 4.74 Å². The largest absolute Gasteiger partial charge is 1.00 e. The molecule has 1 aliphatic rings. The molecule has 3 rings (SSSR count). The smallest absolute Gasteiger partial charge is 0.548 e. The Kier molecular flexibility index (Phi) is 6.87. The summed E-state index contributed by atoms with van der Waals surface area (Å²) >= 11 is 0. The molecule has 0 fully saturated rings. The van der Waals surface area contributed by atoms with Crippen molar-refractivity contribution in [2.75, 3.05) is 6.61 Å². The van der Waals surface area contributed by atoms with Crippen molar-refractivity contribution in [2.45, 2.75) is 25.8 Å². The Labute approximate surface area is 175 Å². The maximum Gasteiger partial charge on any atom is 1.00 e. The monoisotopic (exact) mass is 361 g/mol. The quantitative estimate of drug-likeness (QED) is 0.715. The SMILES string of the molecule is CC(C)[C@H](NC(=O)OCC1c2ccccc2-c2ccccc21)C(=O)[O-].[Na+]. The zero-order valence-corrected chi connectivity index (χ0v) is 17.2. The predicted molar refractivity (Wildman–Crippen MR) is 91.8 cm³/mol. The van der Waals surface area contributed by atoms with Crippen LogP contribution in [-0.2, 0) is 9.53 Å². The van der Waals surface area contributed by atoms with E-state index in [2.05, 4.69) is 17.4 Å². The molecule has 26 heavy (non-hydrogen) atoms. The van der Waals surface area contributed by atoms with Crippen LogP contribution in [0.15, 0.2) is 48.5 Å². The molecule has 1 aliphatic carbocycles. The topological polar surface area (TPSA) is 78.5 Å². The first-order valence-corrected chi connectivity index (χ1v) is 8.31. The number of aliphatic carboxylic acids is 1. The number of rotatable bonds is 5. The van der Waals surface area contributed by atoms with Crippen molar-refractivity contribution in [1.29, 1.82) is 0 Å². The fourth-order valence-corrected chi connectivity index (χ4v) is 3.26. The summed E-state index contributed by atoms with van der Waals surface area (Å²) < 4.78 is 5.33. The summed E-state index contributed by atoms with van der Waals surface area (Å²) in [5.74, 6) is -1.66. The molecule has 0 spiro atoms. The molecule has 1 atom stereocenters. The standard InChI is InChI=1S/C20H21NO4.Na/c1-12(2)18(19(22)23)21-20(24)25-11-17-15-9-5-3-7-13(15)14-8-4-6-10-16(14)17;/h3-10,12,17-18H,11H2,1-2H3,(H,21,24)(H,22,23);/q;+1/p-1/t18-;/m0./s1. The van der Waals surface area contributed by atoms with E-state index in [0.717, 1.165) is 22.3 Å². The second-order valence-corrected chi connectivity index (χ2v) is 6.51. The van der Waals surface area contributed by atoms with E-state index < -0.39 is 18.1 Å². The summed E-state index contributed by atoms with van der Waals surface area (Å²) in [5.41, 5.74) is 4.50. The predicted octanol–water partition coefficient (Wildman–Crippen LogP) is -0.696. The summed E-state index contributed by atoms with van der Waals surface area (Å²) in [4.78, 5) is 23.1. The summed E-state index contributed by atoms with van der Waals surface area (Å²) in [6.07, 6.45) is -0.746. The number of hydrogen-bond donors (Lipinski definition) is 1. The molecule has 0 saturated carbocycles. The van der Waals surface area contributed by atoms with Gasteiger partial charge in [0, 0.05) is 5.92 Å². The van der Waals surface area contributed by atoms with E-state index in [9.17, 15) is 14.7 Å². The molecule has 130 valence electrons. The molecule has 1 amide bonds. The molecule has 0 bridgehead atoms. The van der Waals surface area contributed by atoms with Gasteiger partial charge in [0.2, 0.25) is 0 Å². The maximum atomic E-state index is 12.0. The fourth-order valence-electron chi connectivity index (χ4n) is 3.26. The Bertz CT molecular complexity index is 760. The van der Waals surface area contributed by atoms with Crippen LogP contribution < -0.4 is 40.0 Å². The molecular formula is C20H20NNaO4. The number of hydrogen-bond acceptors (Lipinski definition) is 4. The zero-order valence-electron chi connectivity index (χ0n) is 15.2. The Morgan fingerprint density at radius 2 is 1.54 bits per heavy atom. The van der Waals surface area contributed by atoms with Crippen LogP contribution in [0.25, 0.3) is 11.1 Å². The number of ether oxygens (including phenoxy) is 1. The van der Waals surface area contributed by atoms with Gasteiger partial charge in [-0.2, -0.15) is 0 Å². The fraction of sp³-hybridized carbons (Fsp3) is 0.300. The van der Waals surface area contributed by atoms with Crippen molar-refractivity contribution in [1.82, 2.24) is 5.32 Å². The third-order valence-electron chi connectivity index (χ3n) is 4.54. The van der Waals surface area contributed by atoms with Crippen LogP contribution in [0.4, 0.5) is 4.79 Å². The first-order valence-electron chi connectivity index (χ1n) is 8.31. The van der Waals surface area contributed by atoms with Gasteiger partial charge in [0.05, 0.1) is 12.0 Å². The molecule has 5 nitrogen and oxygen atoms in total. The van der Waals surface area contributed by atoms with Crippen LogP contribution >= 0.6 is 0 Å². The van der Waals surface area contributed by atoms with E-state index in [0.29, 0.717) is 0 Å². The first kappa shape index (κ1) is 20.5. The molecule has 2 aromatic carbocycles. The second-order valence-electron chi connectivity index (χ2n) is 6.51. The summed E-state index contributed by atoms with van der Waals surface area (Å²) in [7, 11) is 0. The Morgan fingerprint density at radius 3 is 2.00 bits per heavy atom. The van der Waals surface area contributed by atoms with Crippen LogP contribution in [0.2, 0.25) is 0 Å². The van der Waals surface area contributed by atoms with Crippen LogP contribution in [0, 0.1) is 5.92 Å². The molecule has 0 aliphatic heterocycles. The molecular weight excluding hydrogens is 341 g/mol. The number of alkyl carbamates (subject to hydrolysis) is 1. The Hall–Kier alpha value is -1.82. The van der Waals surface area contributed by atoms with E-state index in [-0.39, 0.29) is 48.0 Å². The van der Waals surface area contributed by atoms with Crippen LogP contribution in [0.5, 0.6) is 0 Å². The minimum atomic E-state index is -1.32. The number of carbonyl (C=O) groups excluding carboxylic acids is 2. The van der Waals surface area contributed by atoms with Gasteiger partial charge in [-0.15, -0.1) is 0 Å². The number of carboxylic acids is 1. The van der Waals surface area contributed by atoms with Gasteiger partial charge < -0.3 is 20.0 Å². The minimum Gasteiger partial charge on any atom is -0.548 e. The summed E-state index contributed by atoms with van der Waals surface area (Å²) in [6.45, 7) is 3.55. The number of amides is 1. The zero-order chi connectivity index (χ0) is 18.0. The van der Waals surface area contributed by atoms with Gasteiger partial charge in [0.15, 0.2) is 0 Å². The van der Waals surface area contributed by atoms with Crippen molar-refractivity contribution >= 4 is 12.1 Å². The van der Waals surface area contributed by atoms with Crippen LogP contribution in [0.3, 0.4) is 0 Å². The Balaban J connectivity index is 0.00000243. The van der Waals surface area contributed by atoms with Crippen LogP contribution in [-0.4, -0.2) is 24.7 Å². The van der Waals surface area contributed by atoms with Gasteiger partial charge >= 0.3 is 35.7 Å². The van der Waals surface area contributed by atoms with Crippen LogP contribution in [0.1, 0.15) is 30.9 Å². The molecule has 0 aromatic heterocycles. The van der Waals surface area contributed by atoms with Gasteiger partial charge in [0.25, 0.3) is 0 Å². The van der Waals surface area contributed by atoms with E-state index in [1.54, 1.807) is 13.8 Å². The van der Waals surface area contributed by atoms with E-state index in [1.165, 1.54) is 0 Å². The van der Waals surface area contributed by atoms with Crippen molar-refractivity contribution in [3.05, 3.63) is 59.7 Å². The Morgan fingerprint density at radius 1 is 1.04 bits per heavy atom. The number of nitrogens with one attached hydrogen (secondary N) is 1. The van der Waals surface area contributed by atoms with Crippen molar-refractivity contribution in [3.8, 4) is 11.1 Å². The summed E-state index contributed by atoms with van der Waals surface area (Å²) in [5, 5.41) is 13.4. The van der Waals surface area contributed by atoms with Gasteiger partial charge in [-0.3, -0.25) is 0 Å². The number of fused-ring (bicyclic) bond motifs is 3. The first-order chi connectivity index (χ1) is 12.0. The third-order valence-corrected chi connectivity index (χ3v) is 4.54. The third kappa shape index (κ3) is 4.11. The van der Waals surface area contributed by atoms with Crippen molar-refractivity contribution in [3.63, 3.8) is 0 Å². The summed E-state index contributed by atoms with van der Waals surface area (Å²) in [6, 6.07) is 15.0. The van der Waals surface area contributed by atoms with Gasteiger partial charge in [-0.05, 0) is 28.2 Å². The molecule has 0 unspecified atom stereocenters. The van der Waals surface area contributed by atoms with Gasteiger partial charge in [-0.1, -0.05) is 62.4 Å². The number of benzene rings is 2. The average molecular weight is 361 g/mol. The van der Waals surface area contributed by atoms with E-state index >= 15 is 0 Å². The minimum absolute atomic E-state index is 0. The molecule has 1 N–H and O–H groups in total. The molecule has 6 heteroatoms.